The van der Waals surface area contributed by atoms with Crippen LogP contribution in [0, 0.1) is 11.8 Å². The molecule has 7 heteroatoms. The van der Waals surface area contributed by atoms with Crippen LogP contribution in [0.1, 0.15) is 253 Å². The van der Waals surface area contributed by atoms with Crippen LogP contribution in [0.4, 0.5) is 0 Å². The van der Waals surface area contributed by atoms with Crippen molar-refractivity contribution >= 4 is 11.9 Å². The second-order valence-corrected chi connectivity index (χ2v) is 18.1. The first-order valence-electron chi connectivity index (χ1n) is 25.7. The molecule has 0 aromatic rings. The first kappa shape index (κ1) is 54.8. The number of hydrogen-bond donors (Lipinski definition) is 0. The summed E-state index contributed by atoms with van der Waals surface area (Å²) in [6.07, 6.45) is 38.0. The van der Waals surface area contributed by atoms with E-state index >= 15 is 0 Å². The maximum absolute atomic E-state index is 12.4. The lowest BCUT2D eigenvalue weighted by Gasteiger charge is -2.29. The predicted molar refractivity (Wildman–Crippen MR) is 245 cm³/mol. The van der Waals surface area contributed by atoms with Crippen LogP contribution >= 0.6 is 0 Å². The van der Waals surface area contributed by atoms with Crippen LogP contribution in [0.2, 0.25) is 0 Å². The maximum Gasteiger partial charge on any atom is 0.306 e. The van der Waals surface area contributed by atoms with Crippen LogP contribution in [0.25, 0.3) is 0 Å². The molecule has 0 aromatic heterocycles. The average Bonchev–Trinajstić information content (AvgIpc) is 3.63. The third-order valence-electron chi connectivity index (χ3n) is 12.8. The zero-order valence-electron chi connectivity index (χ0n) is 39.7. The van der Waals surface area contributed by atoms with E-state index in [0.717, 1.165) is 96.9 Å². The van der Waals surface area contributed by atoms with Gasteiger partial charge in [-0.05, 0) is 82.7 Å². The van der Waals surface area contributed by atoms with E-state index in [2.05, 4.69) is 46.4 Å². The molecule has 0 bridgehead atoms. The molecule has 7 nitrogen and oxygen atoms in total. The summed E-state index contributed by atoms with van der Waals surface area (Å²) < 4.78 is 24.6. The number of esters is 2. The van der Waals surface area contributed by atoms with Gasteiger partial charge in [0, 0.05) is 32.2 Å². The Morgan fingerprint density at radius 2 is 0.897 bits per heavy atom. The van der Waals surface area contributed by atoms with E-state index in [1.807, 2.05) is 0 Å². The molecule has 0 aromatic carbocycles. The molecule has 1 heterocycles. The Bertz CT molecular complexity index is 853. The lowest BCUT2D eigenvalue weighted by atomic mass is 9.93. The van der Waals surface area contributed by atoms with Crippen molar-refractivity contribution in [2.24, 2.45) is 11.8 Å². The van der Waals surface area contributed by atoms with Crippen molar-refractivity contribution in [3.05, 3.63) is 0 Å². The molecule has 1 atom stereocenters. The number of nitrogens with zero attached hydrogens (tertiary/aromatic N) is 1. The van der Waals surface area contributed by atoms with Crippen LogP contribution in [0.5, 0.6) is 0 Å². The third kappa shape index (κ3) is 29.9. The molecule has 1 unspecified atom stereocenters. The van der Waals surface area contributed by atoms with Crippen molar-refractivity contribution in [1.82, 2.24) is 4.90 Å². The standard InChI is InChI=1S/C51H99NO6/c1-7-13-33-46(34-14-8-2)43-49(53)55-41-31-27-23-19-17-21-25-29-38-51(57-45-48(58-51)37-40-52(11-5)12-6)39-30-26-22-18-20-24-28-32-42-56-50(54)44-47(35-15-9-3)36-16-10-4/h46-48H,7-45H2,1-6H3. The van der Waals surface area contributed by atoms with Crippen molar-refractivity contribution in [1.29, 1.82) is 0 Å². The van der Waals surface area contributed by atoms with Gasteiger partial charge in [0.05, 0.1) is 25.9 Å². The van der Waals surface area contributed by atoms with Gasteiger partial charge in [0.1, 0.15) is 0 Å². The third-order valence-corrected chi connectivity index (χ3v) is 12.8. The number of carbonyl (C=O) groups is 2. The van der Waals surface area contributed by atoms with Gasteiger partial charge in [-0.3, -0.25) is 9.59 Å². The fraction of sp³-hybridized carbons (Fsp3) is 0.961. The first-order valence-corrected chi connectivity index (χ1v) is 25.7. The van der Waals surface area contributed by atoms with Crippen LogP contribution in [0.3, 0.4) is 0 Å². The molecule has 1 fully saturated rings. The lowest BCUT2D eigenvalue weighted by molar-refractivity contribution is -0.180. The Balaban J connectivity index is 2.26. The highest BCUT2D eigenvalue weighted by atomic mass is 16.7. The molecule has 0 saturated carbocycles. The highest BCUT2D eigenvalue weighted by molar-refractivity contribution is 5.70. The zero-order valence-corrected chi connectivity index (χ0v) is 39.7. The number of rotatable bonds is 43. The molecule has 1 rings (SSSR count). The molecule has 0 amide bonds. The molecule has 58 heavy (non-hydrogen) atoms. The van der Waals surface area contributed by atoms with Crippen molar-refractivity contribution in [3.8, 4) is 0 Å². The minimum absolute atomic E-state index is 0.0168. The van der Waals surface area contributed by atoms with Gasteiger partial charge >= 0.3 is 11.9 Å². The van der Waals surface area contributed by atoms with E-state index in [-0.39, 0.29) is 23.8 Å². The second kappa shape index (κ2) is 38.7. The molecule has 344 valence electrons. The van der Waals surface area contributed by atoms with Gasteiger partial charge in [0.15, 0.2) is 5.79 Å². The van der Waals surface area contributed by atoms with Crippen LogP contribution in [-0.4, -0.2) is 68.2 Å². The SMILES string of the molecule is CCCCC(CCCC)CC(=O)OCCCCCCCCCCC1(CCCCCCCCCCOC(=O)CC(CCCC)CCCC)OCC(CCN(CC)CC)O1. The quantitative estimate of drug-likeness (QED) is 0.0448. The highest BCUT2D eigenvalue weighted by Gasteiger charge is 2.40. The van der Waals surface area contributed by atoms with Gasteiger partial charge in [0.25, 0.3) is 0 Å². The fourth-order valence-electron chi connectivity index (χ4n) is 8.76. The lowest BCUT2D eigenvalue weighted by Crippen LogP contribution is -2.32. The predicted octanol–water partition coefficient (Wildman–Crippen LogP) is 14.7. The summed E-state index contributed by atoms with van der Waals surface area (Å²) in [5, 5.41) is 0. The molecular formula is C51H99NO6. The molecular weight excluding hydrogens is 723 g/mol. The smallest absolute Gasteiger partial charge is 0.306 e. The van der Waals surface area contributed by atoms with Crippen LogP contribution < -0.4 is 0 Å². The maximum atomic E-state index is 12.4. The summed E-state index contributed by atoms with van der Waals surface area (Å²) in [5.74, 6) is 0.654. The Hall–Kier alpha value is -1.18. The summed E-state index contributed by atoms with van der Waals surface area (Å²) in [6, 6.07) is 0. The Morgan fingerprint density at radius 3 is 1.26 bits per heavy atom. The number of carbonyl (C=O) groups excluding carboxylic acids is 2. The largest absolute Gasteiger partial charge is 0.466 e. The van der Waals surface area contributed by atoms with Crippen LogP contribution in [-0.2, 0) is 28.5 Å². The van der Waals surface area contributed by atoms with E-state index in [9.17, 15) is 9.59 Å². The Labute approximate surface area is 361 Å². The molecule has 1 aliphatic rings. The van der Waals surface area contributed by atoms with Gasteiger partial charge in [0.2, 0.25) is 0 Å². The van der Waals surface area contributed by atoms with Crippen molar-refractivity contribution < 1.29 is 28.5 Å². The monoisotopic (exact) mass is 822 g/mol. The van der Waals surface area contributed by atoms with Crippen molar-refractivity contribution in [2.45, 2.75) is 265 Å². The van der Waals surface area contributed by atoms with Gasteiger partial charge in [-0.25, -0.2) is 0 Å². The second-order valence-electron chi connectivity index (χ2n) is 18.1. The molecule has 1 saturated heterocycles. The average molecular weight is 822 g/mol. The van der Waals surface area contributed by atoms with E-state index in [4.69, 9.17) is 18.9 Å². The Morgan fingerprint density at radius 1 is 0.534 bits per heavy atom. The summed E-state index contributed by atoms with van der Waals surface area (Å²) in [4.78, 5) is 27.3. The summed E-state index contributed by atoms with van der Waals surface area (Å²) in [5.41, 5.74) is 0. The van der Waals surface area contributed by atoms with Gasteiger partial charge in [-0.2, -0.15) is 0 Å². The molecule has 0 radical (unpaired) electrons. The summed E-state index contributed by atoms with van der Waals surface area (Å²) >= 11 is 0. The normalized spacial score (nSPS) is 15.3. The van der Waals surface area contributed by atoms with E-state index in [1.54, 1.807) is 0 Å². The van der Waals surface area contributed by atoms with Gasteiger partial charge in [-0.1, -0.05) is 170 Å². The highest BCUT2D eigenvalue weighted by Crippen LogP contribution is 2.36. The molecule has 0 spiro atoms. The number of unbranched alkanes of at least 4 members (excludes halogenated alkanes) is 18. The van der Waals surface area contributed by atoms with Crippen molar-refractivity contribution in [3.63, 3.8) is 0 Å². The van der Waals surface area contributed by atoms with E-state index in [1.165, 1.54) is 128 Å². The Kier molecular flexibility index (Phi) is 36.6. The number of ether oxygens (including phenoxy) is 4. The molecule has 1 aliphatic heterocycles. The minimum Gasteiger partial charge on any atom is -0.466 e. The van der Waals surface area contributed by atoms with E-state index < -0.39 is 0 Å². The van der Waals surface area contributed by atoms with E-state index in [0.29, 0.717) is 37.9 Å². The number of hydrogen-bond acceptors (Lipinski definition) is 7. The first-order chi connectivity index (χ1) is 28.3. The summed E-state index contributed by atoms with van der Waals surface area (Å²) in [7, 11) is 0. The fourth-order valence-corrected chi connectivity index (χ4v) is 8.76. The topological polar surface area (TPSA) is 74.3 Å². The minimum atomic E-state index is -0.388. The summed E-state index contributed by atoms with van der Waals surface area (Å²) in [6.45, 7) is 18.6. The van der Waals surface area contributed by atoms with Crippen LogP contribution in [0.15, 0.2) is 0 Å². The molecule has 0 aliphatic carbocycles. The van der Waals surface area contributed by atoms with Crippen molar-refractivity contribution in [2.75, 3.05) is 39.5 Å². The van der Waals surface area contributed by atoms with Gasteiger partial charge in [-0.15, -0.1) is 0 Å². The van der Waals surface area contributed by atoms with Gasteiger partial charge < -0.3 is 23.8 Å². The molecule has 0 N–H and O–H groups in total. The zero-order chi connectivity index (χ0) is 42.4.